The van der Waals surface area contributed by atoms with E-state index in [9.17, 15) is 0 Å². The third-order valence-electron chi connectivity index (χ3n) is 0.776. The second kappa shape index (κ2) is 16.1. The fourth-order valence-corrected chi connectivity index (χ4v) is 0.250. The fraction of sp³-hybridized carbons (Fsp3) is 0.667. The van der Waals surface area contributed by atoms with Crippen molar-refractivity contribution in [3.63, 3.8) is 0 Å². The normalized spacial score (nSPS) is 7.87. The van der Waals surface area contributed by atoms with Crippen molar-refractivity contribution in [3.05, 3.63) is 0 Å². The van der Waals surface area contributed by atoms with Crippen LogP contribution in [0.25, 0.3) is 0 Å². The summed E-state index contributed by atoms with van der Waals surface area (Å²) in [6.45, 7) is 1.94. The molecular formula is C6H17N2O4S2Si. The van der Waals surface area contributed by atoms with Crippen LogP contribution in [0.5, 0.6) is 0 Å². The molecular weight excluding hydrogens is 256 g/mol. The minimum atomic E-state index is -0.868. The van der Waals surface area contributed by atoms with Gasteiger partial charge in [0.05, 0.1) is 7.11 Å². The Balaban J connectivity index is -0.000000147. The Labute approximate surface area is 102 Å². The average Bonchev–Trinajstić information content (AvgIpc) is 2.16. The second-order valence-electron chi connectivity index (χ2n) is 1.76. The van der Waals surface area contributed by atoms with Crippen molar-refractivity contribution in [2.45, 2.75) is 6.55 Å². The van der Waals surface area contributed by atoms with Crippen molar-refractivity contribution < 1.29 is 18.4 Å². The van der Waals surface area contributed by atoms with E-state index in [1.807, 2.05) is 6.55 Å². The molecule has 1 amide bonds. The van der Waals surface area contributed by atoms with E-state index in [2.05, 4.69) is 35.3 Å². The highest BCUT2D eigenvalue weighted by atomic mass is 32.1. The molecule has 0 aromatic carbocycles. The van der Waals surface area contributed by atoms with Gasteiger partial charge in [0, 0.05) is 14.2 Å². The van der Waals surface area contributed by atoms with Gasteiger partial charge in [0.15, 0.2) is 0 Å². The minimum Gasteiger partial charge on any atom is -0.475 e. The Hall–Kier alpha value is -0.353. The summed E-state index contributed by atoms with van der Waals surface area (Å²) < 4.78 is 13.8. The zero-order chi connectivity index (χ0) is 12.9. The van der Waals surface area contributed by atoms with E-state index < -0.39 is 14.5 Å². The molecule has 4 N–H and O–H groups in total. The molecule has 0 aliphatic heterocycles. The first-order valence-corrected chi connectivity index (χ1v) is 6.22. The first-order valence-electron chi connectivity index (χ1n) is 3.55. The van der Waals surface area contributed by atoms with E-state index in [-0.39, 0.29) is 5.17 Å². The van der Waals surface area contributed by atoms with E-state index in [4.69, 9.17) is 19.4 Å². The molecule has 0 aromatic rings. The summed E-state index contributed by atoms with van der Waals surface area (Å²) in [4.78, 5) is 9.09. The first kappa shape index (κ1) is 20.1. The highest BCUT2D eigenvalue weighted by Crippen LogP contribution is 1.77. The van der Waals surface area contributed by atoms with Crippen LogP contribution in [0.1, 0.15) is 0 Å². The molecule has 0 spiro atoms. The van der Waals surface area contributed by atoms with Gasteiger partial charge in [0.25, 0.3) is 10.4 Å². The smallest absolute Gasteiger partial charge is 0.380 e. The standard InChI is InChI=1S/C3H9O2Si.C2H5NOS.CH3NOS/c1-4-6(3)5-2;1-4-2(3)5;2-1(3)4/h1-3H3;1H3,(H2,3,5);(H3,2,3,4). The van der Waals surface area contributed by atoms with Gasteiger partial charge >= 0.3 is 9.28 Å². The lowest BCUT2D eigenvalue weighted by atomic mass is 11.3. The molecule has 0 aromatic heterocycles. The Morgan fingerprint density at radius 2 is 1.47 bits per heavy atom. The summed E-state index contributed by atoms with van der Waals surface area (Å²) in [5.74, 6) is 0. The number of hydrogen-bond acceptors (Lipinski definition) is 5. The van der Waals surface area contributed by atoms with Gasteiger partial charge in [-0.05, 0) is 18.8 Å². The monoisotopic (exact) mass is 273 g/mol. The van der Waals surface area contributed by atoms with Gasteiger partial charge in [-0.3, -0.25) is 4.79 Å². The van der Waals surface area contributed by atoms with Crippen molar-refractivity contribution in [2.75, 3.05) is 21.3 Å². The number of carbonyl (C=O) groups is 1. The third kappa shape index (κ3) is 58.1. The topological polar surface area (TPSA) is 96.8 Å². The van der Waals surface area contributed by atoms with Gasteiger partial charge in [-0.25, -0.2) is 0 Å². The van der Waals surface area contributed by atoms with Crippen molar-refractivity contribution >= 4 is 44.5 Å². The van der Waals surface area contributed by atoms with Crippen LogP contribution < -0.4 is 11.5 Å². The summed E-state index contributed by atoms with van der Waals surface area (Å²) in [6, 6.07) is 0. The molecule has 0 bridgehead atoms. The largest absolute Gasteiger partial charge is 0.475 e. The molecule has 0 aliphatic carbocycles. The summed E-state index contributed by atoms with van der Waals surface area (Å²) in [5, 5.41) is -0.551. The summed E-state index contributed by atoms with van der Waals surface area (Å²) in [7, 11) is 3.87. The lowest BCUT2D eigenvalue weighted by Gasteiger charge is -1.98. The van der Waals surface area contributed by atoms with Crippen LogP contribution in [-0.2, 0) is 13.6 Å². The Morgan fingerprint density at radius 3 is 1.47 bits per heavy atom. The number of amides is 1. The molecule has 1 radical (unpaired) electrons. The van der Waals surface area contributed by atoms with Gasteiger partial charge in [-0.2, -0.15) is 0 Å². The number of methoxy groups -OCH3 is 1. The van der Waals surface area contributed by atoms with Gasteiger partial charge in [0.1, 0.15) is 0 Å². The maximum absolute atomic E-state index is 9.09. The second-order valence-corrected chi connectivity index (χ2v) is 4.40. The predicted octanol–water partition coefficient (Wildman–Crippen LogP) is 0.269. The van der Waals surface area contributed by atoms with Gasteiger partial charge < -0.3 is 25.1 Å². The zero-order valence-corrected chi connectivity index (χ0v) is 11.9. The van der Waals surface area contributed by atoms with Crippen molar-refractivity contribution in [1.82, 2.24) is 0 Å². The summed E-state index contributed by atoms with van der Waals surface area (Å²) in [5.41, 5.74) is 9.14. The average molecular weight is 273 g/mol. The third-order valence-corrected chi connectivity index (χ3v) is 2.09. The lowest BCUT2D eigenvalue weighted by Crippen LogP contribution is -2.12. The van der Waals surface area contributed by atoms with Crippen LogP contribution in [0.2, 0.25) is 6.55 Å². The van der Waals surface area contributed by atoms with Crippen LogP contribution in [0.4, 0.5) is 4.79 Å². The number of thiocarbonyl (C=S) groups is 1. The van der Waals surface area contributed by atoms with Crippen molar-refractivity contribution in [2.24, 2.45) is 11.5 Å². The summed E-state index contributed by atoms with van der Waals surface area (Å²) >= 11 is 7.36. The maximum Gasteiger partial charge on any atom is 0.380 e. The van der Waals surface area contributed by atoms with Gasteiger partial charge in [-0.1, -0.05) is 12.6 Å². The molecule has 0 saturated carbocycles. The van der Waals surface area contributed by atoms with Crippen molar-refractivity contribution in [3.8, 4) is 0 Å². The molecule has 0 unspecified atom stereocenters. The molecule has 91 valence electrons. The minimum absolute atomic E-state index is 0.0880. The lowest BCUT2D eigenvalue weighted by molar-refractivity contribution is 0.267. The molecule has 0 heterocycles. The first-order chi connectivity index (χ1) is 6.81. The molecule has 0 rings (SSSR count). The highest BCUT2D eigenvalue weighted by molar-refractivity contribution is 7.96. The van der Waals surface area contributed by atoms with Crippen LogP contribution in [-0.4, -0.2) is 41.0 Å². The SMILES string of the molecule is COC(N)=S.CO[Si](C)OC.NC(=O)S. The maximum atomic E-state index is 9.09. The quantitative estimate of drug-likeness (QED) is 0.379. The number of nitrogens with two attached hydrogens (primary N) is 2. The van der Waals surface area contributed by atoms with Crippen LogP contribution in [0.3, 0.4) is 0 Å². The number of carbonyl (C=O) groups excluding carboxylic acids is 1. The molecule has 6 nitrogen and oxygen atoms in total. The highest BCUT2D eigenvalue weighted by Gasteiger charge is 1.97. The van der Waals surface area contributed by atoms with Crippen LogP contribution >= 0.6 is 24.8 Å². The molecule has 0 fully saturated rings. The summed E-state index contributed by atoms with van der Waals surface area (Å²) in [6.07, 6.45) is 0. The Bertz CT molecular complexity index is 165. The van der Waals surface area contributed by atoms with Crippen LogP contribution in [0, 0.1) is 0 Å². The number of hydrogen-bond donors (Lipinski definition) is 3. The van der Waals surface area contributed by atoms with E-state index in [1.54, 1.807) is 14.2 Å². The molecule has 0 saturated heterocycles. The molecule has 0 atom stereocenters. The fourth-order valence-electron chi connectivity index (χ4n) is 0.0833. The van der Waals surface area contributed by atoms with Crippen LogP contribution in [0.15, 0.2) is 0 Å². The van der Waals surface area contributed by atoms with E-state index in [0.717, 1.165) is 0 Å². The number of rotatable bonds is 2. The van der Waals surface area contributed by atoms with Gasteiger partial charge in [-0.15, -0.1) is 0 Å². The Kier molecular flexibility index (Phi) is 21.6. The zero-order valence-electron chi connectivity index (χ0n) is 9.14. The molecule has 0 aliphatic rings. The van der Waals surface area contributed by atoms with E-state index >= 15 is 0 Å². The molecule has 9 heteroatoms. The van der Waals surface area contributed by atoms with E-state index in [0.29, 0.717) is 0 Å². The van der Waals surface area contributed by atoms with Crippen molar-refractivity contribution in [1.29, 1.82) is 0 Å². The van der Waals surface area contributed by atoms with E-state index in [1.165, 1.54) is 7.11 Å². The number of thiol groups is 1. The molecule has 15 heavy (non-hydrogen) atoms. The number of primary amides is 1. The number of ether oxygens (including phenoxy) is 1. The predicted molar refractivity (Wildman–Crippen MR) is 68.0 cm³/mol. The Morgan fingerprint density at radius 1 is 1.27 bits per heavy atom. The van der Waals surface area contributed by atoms with Gasteiger partial charge in [0.2, 0.25) is 0 Å².